The van der Waals surface area contributed by atoms with E-state index in [4.69, 9.17) is 10.8 Å². The van der Waals surface area contributed by atoms with E-state index in [1.807, 2.05) is 12.1 Å². The number of piperazine rings is 3. The van der Waals surface area contributed by atoms with E-state index in [0.29, 0.717) is 6.54 Å². The molecule has 0 saturated carbocycles. The lowest BCUT2D eigenvalue weighted by atomic mass is 10.1. The molecule has 0 radical (unpaired) electrons. The summed E-state index contributed by atoms with van der Waals surface area (Å²) in [6, 6.07) is 6.06. The number of nitrogens with zero attached hydrogens (tertiary/aromatic N) is 2. The molecule has 4 N–H and O–H groups in total. The van der Waals surface area contributed by atoms with Gasteiger partial charge in [0.2, 0.25) is 0 Å². The summed E-state index contributed by atoms with van der Waals surface area (Å²) in [6.07, 6.45) is 0. The van der Waals surface area contributed by atoms with E-state index in [-0.39, 0.29) is 6.61 Å². The van der Waals surface area contributed by atoms with Crippen molar-refractivity contribution < 1.29 is 9.59 Å². The van der Waals surface area contributed by atoms with Crippen LogP contribution in [0.15, 0.2) is 18.2 Å². The third-order valence-electron chi connectivity index (χ3n) is 4.73. The highest BCUT2D eigenvalue weighted by atomic mass is 16.3. The lowest BCUT2D eigenvalue weighted by molar-refractivity contribution is -0.953. The first-order valence-electron chi connectivity index (χ1n) is 7.51. The molecule has 5 heteroatoms. The van der Waals surface area contributed by atoms with Crippen molar-refractivity contribution in [3.63, 3.8) is 0 Å². The fraction of sp³-hybridized carbons (Fsp3) is 0.600. The van der Waals surface area contributed by atoms with E-state index in [1.54, 1.807) is 0 Å². The number of nitrogens with one attached hydrogen (secondary N) is 1. The van der Waals surface area contributed by atoms with E-state index >= 15 is 0 Å². The lowest BCUT2D eigenvalue weighted by Crippen LogP contribution is -2.66. The van der Waals surface area contributed by atoms with Crippen LogP contribution >= 0.6 is 0 Å². The molecule has 110 valence electrons. The number of aliphatic hydroxyl groups excluding tert-OH is 1. The normalized spacial score (nSPS) is 28.6. The molecule has 0 aliphatic carbocycles. The van der Waals surface area contributed by atoms with Crippen molar-refractivity contribution >= 4 is 11.4 Å². The van der Waals surface area contributed by atoms with Gasteiger partial charge in [-0.2, -0.15) is 0 Å². The highest BCUT2D eigenvalue weighted by molar-refractivity contribution is 5.57. The van der Waals surface area contributed by atoms with Gasteiger partial charge < -0.3 is 20.6 Å². The van der Waals surface area contributed by atoms with Crippen LogP contribution in [0.5, 0.6) is 0 Å². The molecule has 4 rings (SSSR count). The van der Waals surface area contributed by atoms with Gasteiger partial charge in [0, 0.05) is 43.1 Å². The molecule has 3 aliphatic heterocycles. The first kappa shape index (κ1) is 13.7. The number of quaternary nitrogens is 1. The van der Waals surface area contributed by atoms with Gasteiger partial charge in [-0.25, -0.2) is 0 Å². The smallest absolute Gasteiger partial charge is 0.107 e. The van der Waals surface area contributed by atoms with Crippen LogP contribution in [0.3, 0.4) is 0 Å². The zero-order chi connectivity index (χ0) is 14.0. The number of fused-ring (bicyclic) bond motifs is 3. The van der Waals surface area contributed by atoms with Crippen LogP contribution in [0.1, 0.15) is 5.56 Å². The highest BCUT2D eigenvalue weighted by Crippen LogP contribution is 2.28. The molecule has 0 unspecified atom stereocenters. The van der Waals surface area contributed by atoms with E-state index in [2.05, 4.69) is 16.3 Å². The summed E-state index contributed by atoms with van der Waals surface area (Å²) >= 11 is 0. The Bertz CT molecular complexity index is 455. The van der Waals surface area contributed by atoms with Gasteiger partial charge in [-0.15, -0.1) is 0 Å². The Labute approximate surface area is 120 Å². The summed E-state index contributed by atoms with van der Waals surface area (Å²) in [7, 11) is 0. The van der Waals surface area contributed by atoms with Crippen LogP contribution in [0.4, 0.5) is 11.4 Å². The van der Waals surface area contributed by atoms with Gasteiger partial charge in [-0.3, -0.25) is 4.90 Å². The molecular formula is C15H25N4O+. The number of hydrogen-bond donors (Lipinski definition) is 3. The predicted molar refractivity (Wildman–Crippen MR) is 81.4 cm³/mol. The number of anilines is 2. The van der Waals surface area contributed by atoms with Crippen molar-refractivity contribution in [3.8, 4) is 0 Å². The maximum absolute atomic E-state index is 9.00. The van der Waals surface area contributed by atoms with Crippen LogP contribution in [-0.2, 0) is 6.54 Å². The SMILES string of the molecule is Nc1ccc(NCCO)c(C[N+]23CCN(CC2)CC3)c1. The molecule has 1 aromatic rings. The Balaban J connectivity index is 1.79. The zero-order valence-electron chi connectivity index (χ0n) is 12.0. The molecule has 0 aromatic heterocycles. The maximum atomic E-state index is 9.00. The van der Waals surface area contributed by atoms with Crippen LogP contribution in [-0.4, -0.2) is 66.9 Å². The van der Waals surface area contributed by atoms with Gasteiger partial charge in [0.05, 0.1) is 26.2 Å². The Morgan fingerprint density at radius 1 is 1.20 bits per heavy atom. The fourth-order valence-electron chi connectivity index (χ4n) is 3.44. The number of rotatable bonds is 5. The molecule has 0 amide bonds. The van der Waals surface area contributed by atoms with Crippen molar-refractivity contribution in [1.82, 2.24) is 4.90 Å². The van der Waals surface area contributed by atoms with Gasteiger partial charge in [0.15, 0.2) is 0 Å². The second kappa shape index (κ2) is 5.60. The summed E-state index contributed by atoms with van der Waals surface area (Å²) in [6.45, 7) is 9.19. The first-order chi connectivity index (χ1) is 9.71. The molecule has 5 nitrogen and oxygen atoms in total. The minimum absolute atomic E-state index is 0.152. The molecule has 3 saturated heterocycles. The highest BCUT2D eigenvalue weighted by Gasteiger charge is 2.38. The van der Waals surface area contributed by atoms with E-state index < -0.39 is 0 Å². The van der Waals surface area contributed by atoms with E-state index in [9.17, 15) is 0 Å². The van der Waals surface area contributed by atoms with E-state index in [1.165, 1.54) is 49.3 Å². The van der Waals surface area contributed by atoms with Crippen molar-refractivity contribution in [3.05, 3.63) is 23.8 Å². The largest absolute Gasteiger partial charge is 0.399 e. The van der Waals surface area contributed by atoms with Crippen molar-refractivity contribution in [2.24, 2.45) is 0 Å². The Kier molecular flexibility index (Phi) is 3.83. The molecule has 2 bridgehead atoms. The number of hydrogen-bond acceptors (Lipinski definition) is 4. The topological polar surface area (TPSA) is 61.5 Å². The molecule has 0 spiro atoms. The van der Waals surface area contributed by atoms with Gasteiger partial charge in [0.25, 0.3) is 0 Å². The monoisotopic (exact) mass is 277 g/mol. The van der Waals surface area contributed by atoms with Crippen molar-refractivity contribution in [1.29, 1.82) is 0 Å². The molecular weight excluding hydrogens is 252 g/mol. The van der Waals surface area contributed by atoms with Gasteiger partial charge in [-0.1, -0.05) is 0 Å². The van der Waals surface area contributed by atoms with Crippen molar-refractivity contribution in [2.45, 2.75) is 6.54 Å². The predicted octanol–water partition coefficient (Wildman–Crippen LogP) is 0.319. The Morgan fingerprint density at radius 3 is 2.55 bits per heavy atom. The van der Waals surface area contributed by atoms with Crippen LogP contribution in [0.25, 0.3) is 0 Å². The molecule has 20 heavy (non-hydrogen) atoms. The summed E-state index contributed by atoms with van der Waals surface area (Å²) in [4.78, 5) is 2.56. The third-order valence-corrected chi connectivity index (χ3v) is 4.73. The Morgan fingerprint density at radius 2 is 1.90 bits per heavy atom. The standard InChI is InChI=1S/C15H25N4O/c16-14-1-2-15(17-3-10-20)13(11-14)12-19-7-4-18(5-8-19)6-9-19/h1-2,11,17,20H,3-10,12,16H2/q+1. The second-order valence-corrected chi connectivity index (χ2v) is 6.08. The third kappa shape index (κ3) is 2.75. The van der Waals surface area contributed by atoms with Crippen molar-refractivity contribution in [2.75, 3.05) is 63.5 Å². The Hall–Kier alpha value is -1.30. The molecule has 3 fully saturated rings. The number of aliphatic hydroxyl groups is 1. The minimum atomic E-state index is 0.152. The zero-order valence-corrected chi connectivity index (χ0v) is 12.0. The number of nitrogens with two attached hydrogens (primary N) is 1. The molecule has 0 atom stereocenters. The lowest BCUT2D eigenvalue weighted by Gasteiger charge is -2.50. The summed E-state index contributed by atoms with van der Waals surface area (Å²) in [5.41, 5.74) is 9.19. The van der Waals surface area contributed by atoms with Gasteiger partial charge in [0.1, 0.15) is 6.54 Å². The van der Waals surface area contributed by atoms with Crippen LogP contribution < -0.4 is 11.1 Å². The average molecular weight is 277 g/mol. The summed E-state index contributed by atoms with van der Waals surface area (Å²) in [5.74, 6) is 0. The number of nitrogen functional groups attached to an aromatic ring is 1. The summed E-state index contributed by atoms with van der Waals surface area (Å²) < 4.78 is 1.19. The fourth-order valence-corrected chi connectivity index (χ4v) is 3.44. The second-order valence-electron chi connectivity index (χ2n) is 6.08. The van der Waals surface area contributed by atoms with E-state index in [0.717, 1.165) is 17.9 Å². The first-order valence-corrected chi connectivity index (χ1v) is 7.51. The summed E-state index contributed by atoms with van der Waals surface area (Å²) in [5, 5.41) is 12.3. The van der Waals surface area contributed by atoms with Gasteiger partial charge >= 0.3 is 0 Å². The minimum Gasteiger partial charge on any atom is -0.399 e. The molecule has 1 aromatic carbocycles. The maximum Gasteiger partial charge on any atom is 0.107 e. The quantitative estimate of drug-likeness (QED) is 0.536. The van der Waals surface area contributed by atoms with Crippen LogP contribution in [0.2, 0.25) is 0 Å². The van der Waals surface area contributed by atoms with Gasteiger partial charge in [-0.05, 0) is 18.2 Å². The molecule has 3 aliphatic rings. The number of benzene rings is 1. The average Bonchev–Trinajstić information content (AvgIpc) is 2.48. The molecule has 3 heterocycles. The van der Waals surface area contributed by atoms with Crippen LogP contribution in [0, 0.1) is 0 Å².